The Hall–Kier alpha value is -1.29. The molecule has 0 radical (unpaired) electrons. The summed E-state index contributed by atoms with van der Waals surface area (Å²) in [5, 5.41) is 0. The van der Waals surface area contributed by atoms with Crippen molar-refractivity contribution in [3.8, 4) is 0 Å². The van der Waals surface area contributed by atoms with Crippen molar-refractivity contribution in [2.24, 2.45) is 5.73 Å². The van der Waals surface area contributed by atoms with Crippen molar-refractivity contribution in [2.75, 3.05) is 7.11 Å². The molecule has 0 saturated heterocycles. The van der Waals surface area contributed by atoms with E-state index >= 15 is 0 Å². The van der Waals surface area contributed by atoms with Gasteiger partial charge in [-0.05, 0) is 25.5 Å². The molecule has 0 bridgehead atoms. The smallest absolute Gasteiger partial charge is 0.307 e. The van der Waals surface area contributed by atoms with Crippen LogP contribution in [-0.2, 0) is 9.53 Å². The van der Waals surface area contributed by atoms with Gasteiger partial charge < -0.3 is 14.9 Å². The molecule has 1 aromatic heterocycles. The number of hydrogen-bond acceptors (Lipinski definition) is 4. The highest BCUT2D eigenvalue weighted by Crippen LogP contribution is 2.20. The number of esters is 1. The lowest BCUT2D eigenvalue weighted by molar-refractivity contribution is -0.141. The fourth-order valence-electron chi connectivity index (χ4n) is 1.15. The fourth-order valence-corrected chi connectivity index (χ4v) is 1.15. The molecular weight excluding hydrogens is 182 g/mol. The van der Waals surface area contributed by atoms with Crippen LogP contribution in [-0.4, -0.2) is 13.1 Å². The van der Waals surface area contributed by atoms with E-state index in [1.165, 1.54) is 7.11 Å². The number of hydrogen-bond donors (Lipinski definition) is 1. The number of ether oxygens (including phenoxy) is 1. The van der Waals surface area contributed by atoms with Gasteiger partial charge in [0.1, 0.15) is 11.5 Å². The van der Waals surface area contributed by atoms with Gasteiger partial charge in [-0.25, -0.2) is 0 Å². The summed E-state index contributed by atoms with van der Waals surface area (Å²) in [6.45, 7) is 3.80. The van der Waals surface area contributed by atoms with Gasteiger partial charge >= 0.3 is 5.97 Å². The van der Waals surface area contributed by atoms with E-state index in [4.69, 9.17) is 10.2 Å². The first kappa shape index (κ1) is 10.8. The Bertz CT molecular complexity index is 311. The standard InChI is InChI=1S/C10H15NO3/c1-6-4-9(14-7(6)2)8(11)5-10(12)13-3/h4,8H,5,11H2,1-3H3/t8-/m0/s1. The molecule has 0 unspecified atom stereocenters. The summed E-state index contributed by atoms with van der Waals surface area (Å²) in [5.41, 5.74) is 6.80. The van der Waals surface area contributed by atoms with Gasteiger partial charge in [0.25, 0.3) is 0 Å². The van der Waals surface area contributed by atoms with Gasteiger partial charge in [0.15, 0.2) is 0 Å². The van der Waals surface area contributed by atoms with E-state index < -0.39 is 6.04 Å². The van der Waals surface area contributed by atoms with Gasteiger partial charge in [-0.1, -0.05) is 0 Å². The summed E-state index contributed by atoms with van der Waals surface area (Å²) in [5.74, 6) is 1.13. The third-order valence-electron chi connectivity index (χ3n) is 2.16. The number of carbonyl (C=O) groups is 1. The lowest BCUT2D eigenvalue weighted by atomic mass is 10.1. The minimum atomic E-state index is -0.421. The molecule has 0 aromatic carbocycles. The monoisotopic (exact) mass is 197 g/mol. The van der Waals surface area contributed by atoms with Crippen LogP contribution in [0.4, 0.5) is 0 Å². The SMILES string of the molecule is COC(=O)C[C@H](N)c1cc(C)c(C)o1. The molecule has 4 nitrogen and oxygen atoms in total. The summed E-state index contributed by atoms with van der Waals surface area (Å²) in [6.07, 6.45) is 0.142. The van der Waals surface area contributed by atoms with Crippen LogP contribution in [0.25, 0.3) is 0 Å². The molecule has 14 heavy (non-hydrogen) atoms. The Morgan fingerprint density at radius 1 is 1.64 bits per heavy atom. The Kier molecular flexibility index (Phi) is 3.30. The summed E-state index contributed by atoms with van der Waals surface area (Å²) in [7, 11) is 1.34. The molecule has 1 aromatic rings. The Labute approximate surface area is 83.0 Å². The molecule has 0 aliphatic heterocycles. The number of furan rings is 1. The molecule has 1 rings (SSSR count). The summed E-state index contributed by atoms with van der Waals surface area (Å²) in [4.78, 5) is 10.9. The molecule has 0 amide bonds. The number of methoxy groups -OCH3 is 1. The minimum absolute atomic E-state index is 0.142. The van der Waals surface area contributed by atoms with E-state index in [-0.39, 0.29) is 12.4 Å². The first-order valence-corrected chi connectivity index (χ1v) is 4.44. The zero-order valence-corrected chi connectivity index (χ0v) is 8.66. The second-order valence-electron chi connectivity index (χ2n) is 3.27. The molecule has 2 N–H and O–H groups in total. The number of nitrogens with two attached hydrogens (primary N) is 1. The van der Waals surface area contributed by atoms with Crippen LogP contribution in [0, 0.1) is 13.8 Å². The highest BCUT2D eigenvalue weighted by atomic mass is 16.5. The Balaban J connectivity index is 2.69. The maximum Gasteiger partial charge on any atom is 0.307 e. The largest absolute Gasteiger partial charge is 0.469 e. The second kappa shape index (κ2) is 4.28. The molecule has 0 aliphatic rings. The molecule has 1 heterocycles. The first-order valence-electron chi connectivity index (χ1n) is 4.44. The van der Waals surface area contributed by atoms with Crippen LogP contribution in [0.2, 0.25) is 0 Å². The molecular formula is C10H15NO3. The lowest BCUT2D eigenvalue weighted by Crippen LogP contribution is -2.15. The predicted molar refractivity (Wildman–Crippen MR) is 51.7 cm³/mol. The predicted octanol–water partition coefficient (Wildman–Crippen LogP) is 1.46. The highest BCUT2D eigenvalue weighted by molar-refractivity contribution is 5.70. The summed E-state index contributed by atoms with van der Waals surface area (Å²) < 4.78 is 9.91. The van der Waals surface area contributed by atoms with Gasteiger partial charge in [0.05, 0.1) is 19.6 Å². The summed E-state index contributed by atoms with van der Waals surface area (Å²) in [6, 6.07) is 1.43. The number of rotatable bonds is 3. The average Bonchev–Trinajstić information content (AvgIpc) is 2.47. The van der Waals surface area contributed by atoms with Crippen molar-refractivity contribution in [2.45, 2.75) is 26.3 Å². The van der Waals surface area contributed by atoms with Crippen molar-refractivity contribution in [3.05, 3.63) is 23.2 Å². The molecule has 0 aliphatic carbocycles. The van der Waals surface area contributed by atoms with Crippen molar-refractivity contribution >= 4 is 5.97 Å². The fraction of sp³-hybridized carbons (Fsp3) is 0.500. The van der Waals surface area contributed by atoms with Crippen molar-refractivity contribution < 1.29 is 13.9 Å². The van der Waals surface area contributed by atoms with Gasteiger partial charge in [-0.15, -0.1) is 0 Å². The minimum Gasteiger partial charge on any atom is -0.469 e. The molecule has 0 saturated carbocycles. The van der Waals surface area contributed by atoms with Gasteiger partial charge in [-0.2, -0.15) is 0 Å². The van der Waals surface area contributed by atoms with Crippen LogP contribution < -0.4 is 5.73 Å². The normalized spacial score (nSPS) is 12.6. The van der Waals surface area contributed by atoms with Crippen molar-refractivity contribution in [1.29, 1.82) is 0 Å². The van der Waals surface area contributed by atoms with Crippen LogP contribution in [0.5, 0.6) is 0 Å². The lowest BCUT2D eigenvalue weighted by Gasteiger charge is -2.06. The highest BCUT2D eigenvalue weighted by Gasteiger charge is 2.16. The maximum atomic E-state index is 10.9. The first-order chi connectivity index (χ1) is 6.54. The van der Waals surface area contributed by atoms with Gasteiger partial charge in [0, 0.05) is 0 Å². The topological polar surface area (TPSA) is 65.5 Å². The van der Waals surface area contributed by atoms with Crippen molar-refractivity contribution in [3.63, 3.8) is 0 Å². The molecule has 4 heteroatoms. The number of carbonyl (C=O) groups excluding carboxylic acids is 1. The molecule has 0 spiro atoms. The third kappa shape index (κ3) is 2.35. The molecule has 1 atom stereocenters. The summed E-state index contributed by atoms with van der Waals surface area (Å²) >= 11 is 0. The van der Waals surface area contributed by atoms with E-state index in [1.54, 1.807) is 0 Å². The quantitative estimate of drug-likeness (QED) is 0.745. The maximum absolute atomic E-state index is 10.9. The van der Waals surface area contributed by atoms with E-state index in [9.17, 15) is 4.79 Å². The molecule has 0 fully saturated rings. The van der Waals surface area contributed by atoms with Crippen LogP contribution in [0.1, 0.15) is 29.5 Å². The van der Waals surface area contributed by atoms with Crippen LogP contribution in [0.3, 0.4) is 0 Å². The van der Waals surface area contributed by atoms with Gasteiger partial charge in [0.2, 0.25) is 0 Å². The van der Waals surface area contributed by atoms with Crippen LogP contribution in [0.15, 0.2) is 10.5 Å². The van der Waals surface area contributed by atoms with E-state index in [2.05, 4.69) is 4.74 Å². The third-order valence-corrected chi connectivity index (χ3v) is 2.16. The number of aryl methyl sites for hydroxylation is 2. The zero-order valence-electron chi connectivity index (χ0n) is 8.66. The zero-order chi connectivity index (χ0) is 10.7. The van der Waals surface area contributed by atoms with Crippen molar-refractivity contribution in [1.82, 2.24) is 0 Å². The second-order valence-corrected chi connectivity index (χ2v) is 3.27. The molecule has 78 valence electrons. The van der Waals surface area contributed by atoms with E-state index in [0.29, 0.717) is 5.76 Å². The Morgan fingerprint density at radius 2 is 2.29 bits per heavy atom. The average molecular weight is 197 g/mol. The van der Waals surface area contributed by atoms with Crippen LogP contribution >= 0.6 is 0 Å². The van der Waals surface area contributed by atoms with Gasteiger partial charge in [-0.3, -0.25) is 4.79 Å². The van der Waals surface area contributed by atoms with E-state index in [0.717, 1.165) is 11.3 Å². The van der Waals surface area contributed by atoms with E-state index in [1.807, 2.05) is 19.9 Å². The Morgan fingerprint density at radius 3 is 2.71 bits per heavy atom.